The van der Waals surface area contributed by atoms with Crippen LogP contribution in [0.2, 0.25) is 5.02 Å². The molecule has 1 aliphatic rings. The average Bonchev–Trinajstić information content (AvgIpc) is 3.15. The lowest BCUT2D eigenvalue weighted by molar-refractivity contribution is -0.132. The van der Waals surface area contributed by atoms with Crippen LogP contribution in [0.5, 0.6) is 5.75 Å². The highest BCUT2D eigenvalue weighted by atomic mass is 35.5. The van der Waals surface area contributed by atoms with Gasteiger partial charge in [-0.3, -0.25) is 14.5 Å². The fourth-order valence-corrected chi connectivity index (χ4v) is 4.68. The van der Waals surface area contributed by atoms with E-state index in [1.165, 1.54) is 4.90 Å². The van der Waals surface area contributed by atoms with Crippen LogP contribution in [0.1, 0.15) is 49.4 Å². The molecule has 1 amide bonds. The zero-order valence-electron chi connectivity index (χ0n) is 21.7. The Balaban J connectivity index is 1.92. The number of benzene rings is 3. The van der Waals surface area contributed by atoms with Gasteiger partial charge in [0.15, 0.2) is 0 Å². The first-order valence-electron chi connectivity index (χ1n) is 12.2. The molecule has 0 saturated carbocycles. The smallest absolute Gasteiger partial charge is 0.300 e. The molecule has 7 heteroatoms. The van der Waals surface area contributed by atoms with Gasteiger partial charge in [0.2, 0.25) is 0 Å². The number of aliphatic hydroxyl groups excluding tert-OH is 1. The van der Waals surface area contributed by atoms with Crippen molar-refractivity contribution >= 4 is 40.4 Å². The summed E-state index contributed by atoms with van der Waals surface area (Å²) in [5.41, 5.74) is 3.56. The molecule has 192 valence electrons. The Morgan fingerprint density at radius 3 is 2.24 bits per heavy atom. The molecule has 4 rings (SSSR count). The van der Waals surface area contributed by atoms with Crippen molar-refractivity contribution in [2.75, 3.05) is 30.5 Å². The number of carbonyl (C=O) groups excluding carboxylic acids is 2. The lowest BCUT2D eigenvalue weighted by Gasteiger charge is -2.26. The third-order valence-electron chi connectivity index (χ3n) is 6.51. The number of halogens is 1. The van der Waals surface area contributed by atoms with E-state index in [1.807, 2.05) is 62.3 Å². The summed E-state index contributed by atoms with van der Waals surface area (Å²) in [4.78, 5) is 30.3. The molecule has 3 aromatic rings. The van der Waals surface area contributed by atoms with E-state index in [-0.39, 0.29) is 21.9 Å². The Morgan fingerprint density at radius 2 is 1.68 bits per heavy atom. The van der Waals surface area contributed by atoms with Crippen LogP contribution in [0.15, 0.2) is 72.3 Å². The molecule has 1 saturated heterocycles. The molecule has 0 aliphatic carbocycles. The molecule has 37 heavy (non-hydrogen) atoms. The highest BCUT2D eigenvalue weighted by molar-refractivity contribution is 6.52. The van der Waals surface area contributed by atoms with E-state index in [0.717, 1.165) is 11.3 Å². The van der Waals surface area contributed by atoms with Crippen molar-refractivity contribution in [2.24, 2.45) is 0 Å². The van der Waals surface area contributed by atoms with E-state index in [1.54, 1.807) is 30.3 Å². The Hall–Kier alpha value is -3.77. The molecule has 1 atom stereocenters. The third kappa shape index (κ3) is 5.07. The normalized spacial score (nSPS) is 16.9. The van der Waals surface area contributed by atoms with Gasteiger partial charge in [-0.2, -0.15) is 0 Å². The van der Waals surface area contributed by atoms with Crippen molar-refractivity contribution in [3.63, 3.8) is 0 Å². The number of amides is 1. The van der Waals surface area contributed by atoms with E-state index in [9.17, 15) is 14.7 Å². The van der Waals surface area contributed by atoms with E-state index in [2.05, 4.69) is 13.8 Å². The molecule has 6 nitrogen and oxygen atoms in total. The van der Waals surface area contributed by atoms with E-state index < -0.39 is 17.7 Å². The van der Waals surface area contributed by atoms with Crippen LogP contribution in [-0.4, -0.2) is 37.5 Å². The van der Waals surface area contributed by atoms with Gasteiger partial charge in [-0.15, -0.1) is 0 Å². The van der Waals surface area contributed by atoms with Crippen molar-refractivity contribution in [3.05, 3.63) is 94.0 Å². The number of aliphatic hydroxyl groups is 1. The molecule has 1 unspecified atom stereocenters. The maximum absolute atomic E-state index is 13.5. The van der Waals surface area contributed by atoms with Crippen LogP contribution in [-0.2, 0) is 9.59 Å². The Morgan fingerprint density at radius 1 is 1.03 bits per heavy atom. The quantitative estimate of drug-likeness (QED) is 0.218. The number of hydrogen-bond acceptors (Lipinski definition) is 5. The van der Waals surface area contributed by atoms with Gasteiger partial charge in [-0.1, -0.05) is 49.7 Å². The van der Waals surface area contributed by atoms with Gasteiger partial charge in [0.1, 0.15) is 11.5 Å². The number of hydrogen-bond donors (Lipinski definition) is 1. The Labute approximate surface area is 222 Å². The molecule has 0 aromatic heterocycles. The second kappa shape index (κ2) is 10.7. The topological polar surface area (TPSA) is 70.1 Å². The number of Topliss-reactive ketones (excluding diaryl/α,β-unsaturated/α-hetero) is 1. The minimum Gasteiger partial charge on any atom is -0.507 e. The van der Waals surface area contributed by atoms with Gasteiger partial charge < -0.3 is 14.7 Å². The van der Waals surface area contributed by atoms with Crippen LogP contribution in [0, 0.1) is 0 Å². The molecular formula is C30H31ClN2O4. The van der Waals surface area contributed by atoms with Gasteiger partial charge >= 0.3 is 0 Å². The summed E-state index contributed by atoms with van der Waals surface area (Å²) >= 11 is 6.44. The molecule has 0 radical (unpaired) electrons. The summed E-state index contributed by atoms with van der Waals surface area (Å²) in [5.74, 6) is -1.01. The molecule has 1 heterocycles. The van der Waals surface area contributed by atoms with E-state index in [0.29, 0.717) is 29.5 Å². The van der Waals surface area contributed by atoms with Crippen molar-refractivity contribution in [1.29, 1.82) is 0 Å². The maximum atomic E-state index is 13.5. The lowest BCUT2D eigenvalue weighted by Crippen LogP contribution is -2.29. The monoisotopic (exact) mass is 518 g/mol. The Bertz CT molecular complexity index is 1340. The first-order chi connectivity index (χ1) is 17.6. The van der Waals surface area contributed by atoms with Crippen molar-refractivity contribution < 1.29 is 19.4 Å². The maximum Gasteiger partial charge on any atom is 0.300 e. The fraction of sp³-hybridized carbons (Fsp3) is 0.267. The first kappa shape index (κ1) is 26.3. The average molecular weight is 519 g/mol. The fourth-order valence-electron chi connectivity index (χ4n) is 4.48. The minimum atomic E-state index is -0.835. The second-order valence-corrected chi connectivity index (χ2v) is 9.88. The van der Waals surface area contributed by atoms with Gasteiger partial charge in [-0.05, 0) is 66.4 Å². The summed E-state index contributed by atoms with van der Waals surface area (Å²) in [6.07, 6.45) is 0. The minimum absolute atomic E-state index is 0.0190. The highest BCUT2D eigenvalue weighted by Gasteiger charge is 2.47. The van der Waals surface area contributed by atoms with Crippen molar-refractivity contribution in [2.45, 2.75) is 32.7 Å². The van der Waals surface area contributed by atoms with Gasteiger partial charge in [0.05, 0.1) is 23.2 Å². The third-order valence-corrected chi connectivity index (χ3v) is 6.84. The zero-order valence-corrected chi connectivity index (χ0v) is 22.4. The van der Waals surface area contributed by atoms with Gasteiger partial charge in [0, 0.05) is 31.0 Å². The van der Waals surface area contributed by atoms with Gasteiger partial charge in [0.25, 0.3) is 11.7 Å². The summed E-state index contributed by atoms with van der Waals surface area (Å²) < 4.78 is 5.57. The second-order valence-electron chi connectivity index (χ2n) is 9.48. The molecule has 0 bridgehead atoms. The highest BCUT2D eigenvalue weighted by Crippen LogP contribution is 2.43. The predicted molar refractivity (Wildman–Crippen MR) is 149 cm³/mol. The molecule has 1 N–H and O–H groups in total. The van der Waals surface area contributed by atoms with Crippen LogP contribution < -0.4 is 14.5 Å². The zero-order chi connectivity index (χ0) is 26.9. The molecular weight excluding hydrogens is 488 g/mol. The summed E-state index contributed by atoms with van der Waals surface area (Å²) in [5, 5.41) is 11.7. The van der Waals surface area contributed by atoms with Crippen LogP contribution in [0.4, 0.5) is 11.4 Å². The predicted octanol–water partition coefficient (Wildman–Crippen LogP) is 6.55. The number of ketones is 1. The van der Waals surface area contributed by atoms with Crippen LogP contribution in [0.25, 0.3) is 5.76 Å². The molecule has 1 aliphatic heterocycles. The van der Waals surface area contributed by atoms with E-state index >= 15 is 0 Å². The number of nitrogens with zero attached hydrogens (tertiary/aromatic N) is 2. The summed E-state index contributed by atoms with van der Waals surface area (Å²) in [6.45, 7) is 6.47. The Kier molecular flexibility index (Phi) is 7.60. The molecule has 0 spiro atoms. The molecule has 1 fully saturated rings. The van der Waals surface area contributed by atoms with Crippen molar-refractivity contribution in [1.82, 2.24) is 0 Å². The van der Waals surface area contributed by atoms with Crippen molar-refractivity contribution in [3.8, 4) is 5.75 Å². The van der Waals surface area contributed by atoms with Crippen LogP contribution in [0.3, 0.4) is 0 Å². The largest absolute Gasteiger partial charge is 0.507 e. The number of carbonyl (C=O) groups is 2. The standard InChI is InChI=1S/C30H31ClN2O4/c1-6-37-23-15-16-25(31)24(17-23)28(34)26-27(20-9-7-19(8-10-20)18(2)3)33(30(36)29(26)35)22-13-11-21(12-14-22)32(4)5/h7-18,27,34H,6H2,1-5H3/b28-26+. The summed E-state index contributed by atoms with van der Waals surface area (Å²) in [7, 11) is 3.86. The number of ether oxygens (including phenoxy) is 1. The van der Waals surface area contributed by atoms with Gasteiger partial charge in [-0.25, -0.2) is 0 Å². The first-order valence-corrected chi connectivity index (χ1v) is 12.6. The van der Waals surface area contributed by atoms with Crippen LogP contribution >= 0.6 is 11.6 Å². The molecule has 3 aromatic carbocycles. The number of rotatable bonds is 7. The number of anilines is 2. The SMILES string of the molecule is CCOc1ccc(Cl)c(/C(O)=C2\C(=O)C(=O)N(c3ccc(N(C)C)cc3)C2c2ccc(C(C)C)cc2)c1. The lowest BCUT2D eigenvalue weighted by atomic mass is 9.93. The van der Waals surface area contributed by atoms with E-state index in [4.69, 9.17) is 16.3 Å². The summed E-state index contributed by atoms with van der Waals surface area (Å²) in [6, 6.07) is 19.2.